The van der Waals surface area contributed by atoms with Crippen LogP contribution >= 0.6 is 11.3 Å². The maximum absolute atomic E-state index is 13.5. The standard InChI is InChI=1S/C23H18N2O6S/c1-11-12(2)32-23(24-11)25-18(14-8-5-9-30-14)17(20(27)22(25)28)19(26)16-10-13-6-4-7-15(29-3)21(13)31-16/h4-10,18,27H,1-3H3/t18-/m0/s1. The number of hydrogen-bond acceptors (Lipinski definition) is 8. The zero-order valence-electron chi connectivity index (χ0n) is 17.4. The van der Waals surface area contributed by atoms with E-state index in [-0.39, 0.29) is 11.3 Å². The van der Waals surface area contributed by atoms with E-state index in [1.54, 1.807) is 36.4 Å². The van der Waals surface area contributed by atoms with Crippen molar-refractivity contribution in [1.82, 2.24) is 4.98 Å². The molecule has 1 aliphatic rings. The molecule has 0 spiro atoms. The average molecular weight is 450 g/mol. The molecule has 0 aliphatic carbocycles. The summed E-state index contributed by atoms with van der Waals surface area (Å²) in [5, 5.41) is 11.8. The molecular formula is C23H18N2O6S. The molecule has 0 saturated carbocycles. The van der Waals surface area contributed by atoms with Gasteiger partial charge in [0.05, 0.1) is 24.6 Å². The fourth-order valence-corrected chi connectivity index (χ4v) is 4.69. The zero-order valence-corrected chi connectivity index (χ0v) is 18.2. The summed E-state index contributed by atoms with van der Waals surface area (Å²) in [4.78, 5) is 33.3. The van der Waals surface area contributed by atoms with E-state index >= 15 is 0 Å². The predicted molar refractivity (Wildman–Crippen MR) is 117 cm³/mol. The summed E-state index contributed by atoms with van der Waals surface area (Å²) in [5.74, 6) is -1.23. The maximum atomic E-state index is 13.5. The molecule has 5 rings (SSSR count). The monoisotopic (exact) mass is 450 g/mol. The fourth-order valence-electron chi connectivity index (χ4n) is 3.75. The minimum atomic E-state index is -0.981. The van der Waals surface area contributed by atoms with Gasteiger partial charge in [0.15, 0.2) is 28.0 Å². The third kappa shape index (κ3) is 2.93. The second kappa shape index (κ2) is 7.38. The highest BCUT2D eigenvalue weighted by atomic mass is 32.1. The summed E-state index contributed by atoms with van der Waals surface area (Å²) >= 11 is 1.30. The van der Waals surface area contributed by atoms with E-state index in [0.717, 1.165) is 10.6 Å². The van der Waals surface area contributed by atoms with Gasteiger partial charge in [-0.15, -0.1) is 11.3 Å². The van der Waals surface area contributed by atoms with Crippen LogP contribution in [0.15, 0.2) is 62.8 Å². The van der Waals surface area contributed by atoms with Crippen LogP contribution in [0.4, 0.5) is 5.13 Å². The van der Waals surface area contributed by atoms with Gasteiger partial charge < -0.3 is 18.7 Å². The van der Waals surface area contributed by atoms with Crippen molar-refractivity contribution >= 4 is 39.1 Å². The van der Waals surface area contributed by atoms with Gasteiger partial charge in [0.1, 0.15) is 11.8 Å². The van der Waals surface area contributed by atoms with E-state index in [2.05, 4.69) is 4.98 Å². The van der Waals surface area contributed by atoms with Crippen LogP contribution in [-0.4, -0.2) is 28.9 Å². The Labute approximate surface area is 186 Å². The number of furan rings is 2. The first kappa shape index (κ1) is 20.1. The number of ketones is 1. The molecule has 4 heterocycles. The van der Waals surface area contributed by atoms with Crippen LogP contribution in [0.25, 0.3) is 11.0 Å². The van der Waals surface area contributed by atoms with Crippen LogP contribution in [0.1, 0.15) is 32.9 Å². The number of hydrogen-bond donors (Lipinski definition) is 1. The lowest BCUT2D eigenvalue weighted by Gasteiger charge is -2.21. The van der Waals surface area contributed by atoms with Crippen LogP contribution < -0.4 is 9.64 Å². The molecule has 162 valence electrons. The summed E-state index contributed by atoms with van der Waals surface area (Å²) in [6.07, 6.45) is 1.44. The number of methoxy groups -OCH3 is 1. The third-order valence-corrected chi connectivity index (χ3v) is 6.51. The van der Waals surface area contributed by atoms with E-state index < -0.39 is 23.5 Å². The number of benzene rings is 1. The number of amides is 1. The Morgan fingerprint density at radius 3 is 2.72 bits per heavy atom. The second-order valence-electron chi connectivity index (χ2n) is 7.31. The number of ether oxygens (including phenoxy) is 1. The number of aliphatic hydroxyl groups excluding tert-OH is 1. The Morgan fingerprint density at radius 2 is 2.06 bits per heavy atom. The van der Waals surface area contributed by atoms with Crippen LogP contribution in [0.5, 0.6) is 5.75 Å². The van der Waals surface area contributed by atoms with Crippen molar-refractivity contribution < 1.29 is 28.3 Å². The normalized spacial score (nSPS) is 16.4. The minimum absolute atomic E-state index is 0.0243. The molecule has 0 saturated heterocycles. The molecule has 4 aromatic rings. The molecule has 32 heavy (non-hydrogen) atoms. The molecule has 1 N–H and O–H groups in total. The highest BCUT2D eigenvalue weighted by Gasteiger charge is 2.48. The number of anilines is 1. The molecule has 1 atom stereocenters. The molecular weight excluding hydrogens is 432 g/mol. The lowest BCUT2D eigenvalue weighted by atomic mass is 10.00. The van der Waals surface area contributed by atoms with Crippen molar-refractivity contribution in [2.45, 2.75) is 19.9 Å². The summed E-state index contributed by atoms with van der Waals surface area (Å²) in [5.41, 5.74) is 1.04. The van der Waals surface area contributed by atoms with Crippen molar-refractivity contribution in [3.8, 4) is 5.75 Å². The van der Waals surface area contributed by atoms with Crippen LogP contribution in [-0.2, 0) is 4.79 Å². The van der Waals surface area contributed by atoms with Gasteiger partial charge in [0.25, 0.3) is 5.91 Å². The molecule has 0 fully saturated rings. The Balaban J connectivity index is 1.64. The zero-order chi connectivity index (χ0) is 22.6. The lowest BCUT2D eigenvalue weighted by Crippen LogP contribution is -2.30. The second-order valence-corrected chi connectivity index (χ2v) is 8.49. The van der Waals surface area contributed by atoms with Gasteiger partial charge in [-0.2, -0.15) is 0 Å². The van der Waals surface area contributed by atoms with E-state index in [4.69, 9.17) is 13.6 Å². The average Bonchev–Trinajstić information content (AvgIpc) is 3.55. The first-order chi connectivity index (χ1) is 15.4. The quantitative estimate of drug-likeness (QED) is 0.432. The number of aryl methyl sites for hydroxylation is 2. The molecule has 9 heteroatoms. The molecule has 0 unspecified atom stereocenters. The van der Waals surface area contributed by atoms with Crippen molar-refractivity contribution in [3.05, 3.63) is 76.1 Å². The highest BCUT2D eigenvalue weighted by Crippen LogP contribution is 2.44. The topological polar surface area (TPSA) is 106 Å². The minimum Gasteiger partial charge on any atom is -0.503 e. The molecule has 1 aromatic carbocycles. The number of aliphatic hydroxyl groups is 1. The van der Waals surface area contributed by atoms with Crippen molar-refractivity contribution in [1.29, 1.82) is 0 Å². The summed E-state index contributed by atoms with van der Waals surface area (Å²) in [7, 11) is 1.51. The summed E-state index contributed by atoms with van der Waals surface area (Å²) in [6, 6.07) is 9.15. The number of fused-ring (bicyclic) bond motifs is 1. The number of nitrogens with zero attached hydrogens (tertiary/aromatic N) is 2. The van der Waals surface area contributed by atoms with Crippen molar-refractivity contribution in [3.63, 3.8) is 0 Å². The van der Waals surface area contributed by atoms with Gasteiger partial charge in [-0.3, -0.25) is 14.5 Å². The molecule has 0 radical (unpaired) electrons. The largest absolute Gasteiger partial charge is 0.503 e. The Hall–Kier alpha value is -3.85. The number of thiazole rings is 1. The molecule has 8 nitrogen and oxygen atoms in total. The lowest BCUT2D eigenvalue weighted by molar-refractivity contribution is -0.117. The third-order valence-electron chi connectivity index (χ3n) is 5.44. The number of carbonyl (C=O) groups excluding carboxylic acids is 2. The van der Waals surface area contributed by atoms with Gasteiger partial charge in [-0.25, -0.2) is 4.98 Å². The van der Waals surface area contributed by atoms with Crippen molar-refractivity contribution in [2.24, 2.45) is 0 Å². The Kier molecular flexibility index (Phi) is 4.63. The maximum Gasteiger partial charge on any atom is 0.296 e. The van der Waals surface area contributed by atoms with Crippen LogP contribution in [0.3, 0.4) is 0 Å². The van der Waals surface area contributed by atoms with Gasteiger partial charge in [-0.05, 0) is 38.1 Å². The Bertz CT molecular complexity index is 1380. The van der Waals surface area contributed by atoms with Crippen LogP contribution in [0.2, 0.25) is 0 Å². The van der Waals surface area contributed by atoms with Crippen molar-refractivity contribution in [2.75, 3.05) is 12.0 Å². The van der Waals surface area contributed by atoms with Gasteiger partial charge in [0, 0.05) is 10.3 Å². The summed E-state index contributed by atoms with van der Waals surface area (Å²) in [6.45, 7) is 3.72. The Morgan fingerprint density at radius 1 is 1.25 bits per heavy atom. The smallest absolute Gasteiger partial charge is 0.296 e. The number of carbonyl (C=O) groups is 2. The van der Waals surface area contributed by atoms with E-state index in [0.29, 0.717) is 27.6 Å². The van der Waals surface area contributed by atoms with Crippen LogP contribution in [0, 0.1) is 13.8 Å². The number of para-hydroxylation sites is 1. The predicted octanol–water partition coefficient (Wildman–Crippen LogP) is 4.89. The molecule has 0 bridgehead atoms. The SMILES string of the molecule is COc1cccc2cc(C(=O)C3=C(O)C(=O)N(c4nc(C)c(C)s4)[C@H]3c3ccco3)oc12. The van der Waals surface area contributed by atoms with E-state index in [1.807, 2.05) is 13.8 Å². The molecule has 1 aliphatic heterocycles. The first-order valence-electron chi connectivity index (χ1n) is 9.76. The van der Waals surface area contributed by atoms with Gasteiger partial charge in [-0.1, -0.05) is 12.1 Å². The van der Waals surface area contributed by atoms with E-state index in [9.17, 15) is 14.7 Å². The first-order valence-corrected chi connectivity index (χ1v) is 10.6. The summed E-state index contributed by atoms with van der Waals surface area (Å²) < 4.78 is 16.6. The number of aromatic nitrogens is 1. The van der Waals surface area contributed by atoms with E-state index in [1.165, 1.54) is 29.6 Å². The van der Waals surface area contributed by atoms with Gasteiger partial charge >= 0.3 is 0 Å². The van der Waals surface area contributed by atoms with Gasteiger partial charge in [0.2, 0.25) is 5.78 Å². The number of rotatable bonds is 5. The number of Topliss-reactive ketones (excluding diaryl/α,β-unsaturated/α-hetero) is 1. The fraction of sp³-hybridized carbons (Fsp3) is 0.174. The molecule has 3 aromatic heterocycles. The molecule has 1 amide bonds. The highest BCUT2D eigenvalue weighted by molar-refractivity contribution is 7.15.